The lowest BCUT2D eigenvalue weighted by Crippen LogP contribution is -2.36. The van der Waals surface area contributed by atoms with Gasteiger partial charge in [0, 0.05) is 18.8 Å². The Hall–Kier alpha value is -1.13. The average Bonchev–Trinajstić information content (AvgIpc) is 2.88. The maximum absolute atomic E-state index is 13.4. The van der Waals surface area contributed by atoms with Crippen LogP contribution in [0, 0.1) is 11.7 Å². The van der Waals surface area contributed by atoms with Crippen LogP contribution in [0.2, 0.25) is 5.02 Å². The van der Waals surface area contributed by atoms with E-state index in [4.69, 9.17) is 16.3 Å². The van der Waals surface area contributed by atoms with Crippen molar-refractivity contribution < 1.29 is 13.9 Å². The summed E-state index contributed by atoms with van der Waals surface area (Å²) in [6, 6.07) is 4.41. The highest BCUT2D eigenvalue weighted by Gasteiger charge is 2.28. The molecule has 0 aliphatic carbocycles. The van der Waals surface area contributed by atoms with E-state index in [0.717, 1.165) is 6.42 Å². The summed E-state index contributed by atoms with van der Waals surface area (Å²) in [5.74, 6) is -0.650. The fourth-order valence-electron chi connectivity index (χ4n) is 2.07. The molecule has 1 heterocycles. The van der Waals surface area contributed by atoms with Crippen LogP contribution >= 0.6 is 11.6 Å². The quantitative estimate of drug-likeness (QED) is 0.846. The molecule has 1 aromatic rings. The van der Waals surface area contributed by atoms with Crippen molar-refractivity contribution in [1.82, 2.24) is 0 Å². The summed E-state index contributed by atoms with van der Waals surface area (Å²) >= 11 is 5.64. The number of benzene rings is 1. The molecule has 1 aliphatic rings. The van der Waals surface area contributed by atoms with Gasteiger partial charge < -0.3 is 9.64 Å². The number of nitrogens with zero attached hydrogens (tertiary/aromatic N) is 1. The van der Waals surface area contributed by atoms with Crippen molar-refractivity contribution in [2.45, 2.75) is 13.3 Å². The van der Waals surface area contributed by atoms with Crippen molar-refractivity contribution >= 4 is 23.2 Å². The Labute approximate surface area is 110 Å². The third kappa shape index (κ3) is 2.65. The van der Waals surface area contributed by atoms with E-state index < -0.39 is 5.82 Å². The Morgan fingerprint density at radius 2 is 2.39 bits per heavy atom. The van der Waals surface area contributed by atoms with Crippen molar-refractivity contribution in [2.75, 3.05) is 24.7 Å². The number of carbonyl (C=O) groups is 1. The van der Waals surface area contributed by atoms with Gasteiger partial charge in [0.05, 0.1) is 17.5 Å². The predicted molar refractivity (Wildman–Crippen MR) is 68.4 cm³/mol. The van der Waals surface area contributed by atoms with Gasteiger partial charge in [-0.3, -0.25) is 4.79 Å². The van der Waals surface area contributed by atoms with Crippen LogP contribution in [0.15, 0.2) is 18.2 Å². The summed E-state index contributed by atoms with van der Waals surface area (Å²) in [6.07, 6.45) is 0.728. The van der Waals surface area contributed by atoms with E-state index in [2.05, 4.69) is 0 Å². The normalized spacial score (nSPS) is 18.9. The average molecular weight is 272 g/mol. The number of amides is 1. The molecule has 1 aliphatic heterocycles. The first kappa shape index (κ1) is 13.3. The van der Waals surface area contributed by atoms with Gasteiger partial charge in [-0.05, 0) is 31.5 Å². The number of ether oxygens (including phenoxy) is 1. The van der Waals surface area contributed by atoms with E-state index in [1.54, 1.807) is 11.0 Å². The van der Waals surface area contributed by atoms with Crippen LogP contribution in [0.25, 0.3) is 0 Å². The first-order valence-corrected chi connectivity index (χ1v) is 6.35. The minimum atomic E-state index is -0.511. The Morgan fingerprint density at radius 3 is 2.94 bits per heavy atom. The van der Waals surface area contributed by atoms with Gasteiger partial charge in [0.25, 0.3) is 0 Å². The van der Waals surface area contributed by atoms with Crippen LogP contribution in [0.3, 0.4) is 0 Å². The Balaban J connectivity index is 2.21. The van der Waals surface area contributed by atoms with Crippen molar-refractivity contribution in [3.63, 3.8) is 0 Å². The molecule has 0 spiro atoms. The molecular weight excluding hydrogens is 257 g/mol. The summed E-state index contributed by atoms with van der Waals surface area (Å²) in [5.41, 5.74) is 0.538. The first-order valence-electron chi connectivity index (χ1n) is 5.97. The van der Waals surface area contributed by atoms with Crippen molar-refractivity contribution in [3.05, 3.63) is 29.0 Å². The van der Waals surface area contributed by atoms with E-state index >= 15 is 0 Å². The standard InChI is InChI=1S/C13H15ClFNO2/c1-2-16(13(17)9-5-6-18-8-9)10-3-4-11(14)12(15)7-10/h3-4,7,9H,2,5-6,8H2,1H3/t9-/m0/s1. The molecule has 0 saturated carbocycles. The fraction of sp³-hybridized carbons (Fsp3) is 0.462. The summed E-state index contributed by atoms with van der Waals surface area (Å²) in [5, 5.41) is 0.0615. The second-order valence-electron chi connectivity index (χ2n) is 4.24. The molecule has 18 heavy (non-hydrogen) atoms. The van der Waals surface area contributed by atoms with E-state index in [0.29, 0.717) is 25.4 Å². The highest BCUT2D eigenvalue weighted by molar-refractivity contribution is 6.30. The van der Waals surface area contributed by atoms with Gasteiger partial charge in [-0.2, -0.15) is 0 Å². The zero-order valence-corrected chi connectivity index (χ0v) is 10.9. The maximum atomic E-state index is 13.4. The number of anilines is 1. The second kappa shape index (κ2) is 5.67. The topological polar surface area (TPSA) is 29.5 Å². The molecule has 1 saturated heterocycles. The smallest absolute Gasteiger partial charge is 0.232 e. The molecule has 1 aromatic carbocycles. The highest BCUT2D eigenvalue weighted by atomic mass is 35.5. The van der Waals surface area contributed by atoms with Gasteiger partial charge in [0.2, 0.25) is 5.91 Å². The van der Waals surface area contributed by atoms with Crippen molar-refractivity contribution in [1.29, 1.82) is 0 Å². The zero-order chi connectivity index (χ0) is 13.1. The molecule has 5 heteroatoms. The van der Waals surface area contributed by atoms with Gasteiger partial charge >= 0.3 is 0 Å². The van der Waals surface area contributed by atoms with Crippen LogP contribution in [0.1, 0.15) is 13.3 Å². The minimum Gasteiger partial charge on any atom is -0.381 e. The number of rotatable bonds is 3. The monoisotopic (exact) mass is 271 g/mol. The maximum Gasteiger partial charge on any atom is 0.232 e. The third-order valence-electron chi connectivity index (χ3n) is 3.08. The van der Waals surface area contributed by atoms with E-state index in [1.807, 2.05) is 6.92 Å². The molecule has 0 radical (unpaired) electrons. The number of carbonyl (C=O) groups excluding carboxylic acids is 1. The van der Waals surface area contributed by atoms with Crippen LogP contribution in [0.5, 0.6) is 0 Å². The molecule has 0 aromatic heterocycles. The summed E-state index contributed by atoms with van der Waals surface area (Å²) < 4.78 is 18.6. The van der Waals surface area contributed by atoms with Crippen LogP contribution in [-0.2, 0) is 9.53 Å². The minimum absolute atomic E-state index is 0.0169. The molecule has 1 fully saturated rings. The van der Waals surface area contributed by atoms with Gasteiger partial charge in [0.1, 0.15) is 5.82 Å². The van der Waals surface area contributed by atoms with E-state index in [9.17, 15) is 9.18 Å². The highest BCUT2D eigenvalue weighted by Crippen LogP contribution is 2.25. The summed E-state index contributed by atoms with van der Waals surface area (Å²) in [6.45, 7) is 3.42. The fourth-order valence-corrected chi connectivity index (χ4v) is 2.19. The largest absolute Gasteiger partial charge is 0.381 e. The molecule has 0 N–H and O–H groups in total. The lowest BCUT2D eigenvalue weighted by molar-refractivity contribution is -0.122. The summed E-state index contributed by atoms with van der Waals surface area (Å²) in [7, 11) is 0. The predicted octanol–water partition coefficient (Wildman–Crippen LogP) is 2.87. The van der Waals surface area contributed by atoms with Crippen molar-refractivity contribution in [3.8, 4) is 0 Å². The van der Waals surface area contributed by atoms with Gasteiger partial charge in [-0.25, -0.2) is 4.39 Å². The third-order valence-corrected chi connectivity index (χ3v) is 3.38. The molecule has 1 amide bonds. The molecular formula is C13H15ClFNO2. The lowest BCUT2D eigenvalue weighted by Gasteiger charge is -2.24. The molecule has 3 nitrogen and oxygen atoms in total. The first-order chi connectivity index (χ1) is 8.63. The van der Waals surface area contributed by atoms with E-state index in [-0.39, 0.29) is 16.8 Å². The van der Waals surface area contributed by atoms with Gasteiger partial charge in [-0.1, -0.05) is 11.6 Å². The number of hydrogen-bond donors (Lipinski definition) is 0. The number of halogens is 2. The molecule has 0 bridgehead atoms. The SMILES string of the molecule is CCN(C(=O)[C@H]1CCOC1)c1ccc(Cl)c(F)c1. The van der Waals surface area contributed by atoms with Crippen LogP contribution in [0.4, 0.5) is 10.1 Å². The molecule has 0 unspecified atom stereocenters. The summed E-state index contributed by atoms with van der Waals surface area (Å²) in [4.78, 5) is 13.8. The van der Waals surface area contributed by atoms with Crippen LogP contribution in [-0.4, -0.2) is 25.7 Å². The second-order valence-corrected chi connectivity index (χ2v) is 4.65. The molecule has 1 atom stereocenters. The Bertz CT molecular complexity index is 447. The molecule has 98 valence electrons. The molecule has 2 rings (SSSR count). The van der Waals surface area contributed by atoms with Gasteiger partial charge in [0.15, 0.2) is 0 Å². The van der Waals surface area contributed by atoms with Crippen LogP contribution < -0.4 is 4.90 Å². The Morgan fingerprint density at radius 1 is 1.61 bits per heavy atom. The van der Waals surface area contributed by atoms with Crippen molar-refractivity contribution in [2.24, 2.45) is 5.92 Å². The lowest BCUT2D eigenvalue weighted by atomic mass is 10.1. The van der Waals surface area contributed by atoms with E-state index in [1.165, 1.54) is 12.1 Å². The zero-order valence-electron chi connectivity index (χ0n) is 10.2. The number of hydrogen-bond acceptors (Lipinski definition) is 2. The van der Waals surface area contributed by atoms with Gasteiger partial charge in [-0.15, -0.1) is 0 Å². The Kier molecular flexibility index (Phi) is 4.19.